The largest absolute Gasteiger partial charge is 0.398 e. The summed E-state index contributed by atoms with van der Waals surface area (Å²) in [6.45, 7) is 1.99. The third-order valence-corrected chi connectivity index (χ3v) is 3.80. The molecule has 0 spiro atoms. The number of carbonyl (C=O) groups is 1. The van der Waals surface area contributed by atoms with Crippen LogP contribution in [0.5, 0.6) is 0 Å². The monoisotopic (exact) mass is 246 g/mol. The highest BCUT2D eigenvalue weighted by atomic mass is 16.1. The number of amides is 1. The lowest BCUT2D eigenvalue weighted by Gasteiger charge is -2.24. The van der Waals surface area contributed by atoms with Gasteiger partial charge in [-0.15, -0.1) is 0 Å². The molecule has 0 radical (unpaired) electrons. The van der Waals surface area contributed by atoms with Crippen molar-refractivity contribution in [3.05, 3.63) is 29.8 Å². The molecule has 1 atom stereocenters. The van der Waals surface area contributed by atoms with Gasteiger partial charge >= 0.3 is 0 Å². The zero-order valence-corrected chi connectivity index (χ0v) is 11.0. The molecule has 1 aliphatic rings. The van der Waals surface area contributed by atoms with Crippen molar-refractivity contribution in [1.82, 2.24) is 5.32 Å². The van der Waals surface area contributed by atoms with Gasteiger partial charge in [-0.2, -0.15) is 0 Å². The molecule has 0 saturated heterocycles. The van der Waals surface area contributed by atoms with E-state index in [0.717, 1.165) is 24.1 Å². The van der Waals surface area contributed by atoms with Gasteiger partial charge in [-0.25, -0.2) is 0 Å². The van der Waals surface area contributed by atoms with Crippen LogP contribution in [-0.4, -0.2) is 5.91 Å². The van der Waals surface area contributed by atoms with E-state index in [1.165, 1.54) is 19.3 Å². The first kappa shape index (κ1) is 12.9. The van der Waals surface area contributed by atoms with Gasteiger partial charge in [0.2, 0.25) is 5.91 Å². The molecule has 1 unspecified atom stereocenters. The van der Waals surface area contributed by atoms with Gasteiger partial charge in [-0.05, 0) is 31.4 Å². The van der Waals surface area contributed by atoms with Crippen LogP contribution >= 0.6 is 0 Å². The molecular weight excluding hydrogens is 224 g/mol. The molecule has 2 rings (SSSR count). The second-order valence-corrected chi connectivity index (χ2v) is 5.19. The van der Waals surface area contributed by atoms with Crippen molar-refractivity contribution in [2.24, 2.45) is 5.92 Å². The zero-order valence-electron chi connectivity index (χ0n) is 11.0. The summed E-state index contributed by atoms with van der Waals surface area (Å²) in [4.78, 5) is 12.1. The van der Waals surface area contributed by atoms with Crippen molar-refractivity contribution in [2.45, 2.75) is 45.1 Å². The molecule has 1 aliphatic carbocycles. The van der Waals surface area contributed by atoms with Gasteiger partial charge in [0.25, 0.3) is 0 Å². The first-order valence-electron chi connectivity index (χ1n) is 6.83. The Morgan fingerprint density at radius 1 is 1.28 bits per heavy atom. The van der Waals surface area contributed by atoms with Crippen molar-refractivity contribution in [2.75, 3.05) is 5.73 Å². The smallest absolute Gasteiger partial charge is 0.223 e. The molecule has 0 aliphatic heterocycles. The number of nitrogen functional groups attached to an aromatic ring is 1. The van der Waals surface area contributed by atoms with Gasteiger partial charge in [-0.3, -0.25) is 4.79 Å². The summed E-state index contributed by atoms with van der Waals surface area (Å²) in [6.07, 6.45) is 5.69. The second kappa shape index (κ2) is 5.89. The molecule has 1 aromatic carbocycles. The van der Waals surface area contributed by atoms with E-state index in [2.05, 4.69) is 5.32 Å². The highest BCUT2D eigenvalue weighted by Gasteiger charge is 2.22. The highest BCUT2D eigenvalue weighted by molar-refractivity contribution is 5.79. The van der Waals surface area contributed by atoms with E-state index in [0.29, 0.717) is 0 Å². The molecule has 1 fully saturated rings. The van der Waals surface area contributed by atoms with Crippen LogP contribution in [0.4, 0.5) is 5.69 Å². The summed E-state index contributed by atoms with van der Waals surface area (Å²) in [7, 11) is 0. The Morgan fingerprint density at radius 2 is 1.94 bits per heavy atom. The molecule has 1 saturated carbocycles. The molecule has 1 aromatic rings. The minimum Gasteiger partial charge on any atom is -0.398 e. The summed E-state index contributed by atoms with van der Waals surface area (Å²) in [6, 6.07) is 7.70. The van der Waals surface area contributed by atoms with Gasteiger partial charge in [0, 0.05) is 11.6 Å². The van der Waals surface area contributed by atoms with E-state index >= 15 is 0 Å². The number of rotatable bonds is 3. The number of anilines is 1. The minimum absolute atomic E-state index is 0.0133. The molecule has 3 nitrogen and oxygen atoms in total. The van der Waals surface area contributed by atoms with E-state index in [4.69, 9.17) is 5.73 Å². The Hall–Kier alpha value is -1.51. The maximum absolute atomic E-state index is 12.1. The first-order chi connectivity index (χ1) is 8.68. The molecule has 18 heavy (non-hydrogen) atoms. The lowest BCUT2D eigenvalue weighted by Crippen LogP contribution is -2.34. The standard InChI is InChI=1S/C15H22N2O/c1-11(13-9-5-6-10-14(13)16)17-15(18)12-7-3-2-4-8-12/h5-6,9-12H,2-4,7-8,16H2,1H3,(H,17,18). The Bertz CT molecular complexity index is 411. The van der Waals surface area contributed by atoms with Gasteiger partial charge < -0.3 is 11.1 Å². The Balaban J connectivity index is 1.96. The number of para-hydroxylation sites is 1. The fourth-order valence-electron chi connectivity index (χ4n) is 2.68. The van der Waals surface area contributed by atoms with E-state index in [9.17, 15) is 4.79 Å². The number of benzene rings is 1. The maximum atomic E-state index is 12.1. The van der Waals surface area contributed by atoms with Crippen LogP contribution in [0.25, 0.3) is 0 Å². The van der Waals surface area contributed by atoms with Crippen molar-refractivity contribution in [3.8, 4) is 0 Å². The van der Waals surface area contributed by atoms with Crippen LogP contribution in [0.2, 0.25) is 0 Å². The van der Waals surface area contributed by atoms with Crippen molar-refractivity contribution in [1.29, 1.82) is 0 Å². The van der Waals surface area contributed by atoms with Crippen LogP contribution < -0.4 is 11.1 Å². The molecule has 3 N–H and O–H groups in total. The van der Waals surface area contributed by atoms with E-state index in [-0.39, 0.29) is 17.9 Å². The minimum atomic E-state index is -0.0133. The summed E-state index contributed by atoms with van der Waals surface area (Å²) < 4.78 is 0. The molecule has 0 bridgehead atoms. The highest BCUT2D eigenvalue weighted by Crippen LogP contribution is 2.25. The van der Waals surface area contributed by atoms with Crippen molar-refractivity contribution < 1.29 is 4.79 Å². The summed E-state index contributed by atoms with van der Waals surface area (Å²) in [5.41, 5.74) is 7.67. The molecule has 98 valence electrons. The second-order valence-electron chi connectivity index (χ2n) is 5.19. The number of nitrogens with one attached hydrogen (secondary N) is 1. The maximum Gasteiger partial charge on any atom is 0.223 e. The Kier molecular flexibility index (Phi) is 4.24. The first-order valence-corrected chi connectivity index (χ1v) is 6.83. The average Bonchev–Trinajstić information content (AvgIpc) is 2.40. The molecule has 0 heterocycles. The van der Waals surface area contributed by atoms with Gasteiger partial charge in [0.1, 0.15) is 0 Å². The number of nitrogens with two attached hydrogens (primary N) is 1. The van der Waals surface area contributed by atoms with Gasteiger partial charge in [0.05, 0.1) is 6.04 Å². The molecule has 0 aromatic heterocycles. The Labute approximate surface area is 109 Å². The topological polar surface area (TPSA) is 55.1 Å². The van der Waals surface area contributed by atoms with Crippen LogP contribution in [0.3, 0.4) is 0 Å². The van der Waals surface area contributed by atoms with E-state index in [1.54, 1.807) is 0 Å². The summed E-state index contributed by atoms with van der Waals surface area (Å²) in [5, 5.41) is 3.09. The van der Waals surface area contributed by atoms with E-state index < -0.39 is 0 Å². The predicted molar refractivity (Wildman–Crippen MR) is 74.0 cm³/mol. The SMILES string of the molecule is CC(NC(=O)C1CCCCC1)c1ccccc1N. The van der Waals surface area contributed by atoms with Crippen molar-refractivity contribution >= 4 is 11.6 Å². The summed E-state index contributed by atoms with van der Waals surface area (Å²) >= 11 is 0. The lowest BCUT2D eigenvalue weighted by molar-refractivity contribution is -0.126. The van der Waals surface area contributed by atoms with Gasteiger partial charge in [0.15, 0.2) is 0 Å². The fraction of sp³-hybridized carbons (Fsp3) is 0.533. The molecule has 1 amide bonds. The normalized spacial score (nSPS) is 18.3. The van der Waals surface area contributed by atoms with Crippen molar-refractivity contribution in [3.63, 3.8) is 0 Å². The van der Waals surface area contributed by atoms with Crippen LogP contribution in [-0.2, 0) is 4.79 Å². The predicted octanol–water partition coefficient (Wildman–Crippen LogP) is 3.03. The zero-order chi connectivity index (χ0) is 13.0. The number of carbonyl (C=O) groups excluding carboxylic acids is 1. The van der Waals surface area contributed by atoms with Crippen LogP contribution in [0, 0.1) is 5.92 Å². The summed E-state index contributed by atoms with van der Waals surface area (Å²) in [5.74, 6) is 0.386. The third-order valence-electron chi connectivity index (χ3n) is 3.80. The fourth-order valence-corrected chi connectivity index (χ4v) is 2.68. The van der Waals surface area contributed by atoms with Gasteiger partial charge in [-0.1, -0.05) is 37.5 Å². The Morgan fingerprint density at radius 3 is 2.61 bits per heavy atom. The average molecular weight is 246 g/mol. The number of hydrogen-bond donors (Lipinski definition) is 2. The molecular formula is C15H22N2O. The van der Waals surface area contributed by atoms with E-state index in [1.807, 2.05) is 31.2 Å². The van der Waals surface area contributed by atoms with Crippen LogP contribution in [0.15, 0.2) is 24.3 Å². The molecule has 3 heteroatoms. The third kappa shape index (κ3) is 3.03. The quantitative estimate of drug-likeness (QED) is 0.805. The lowest BCUT2D eigenvalue weighted by atomic mass is 9.88. The van der Waals surface area contributed by atoms with Crippen LogP contribution in [0.1, 0.15) is 50.6 Å². The number of hydrogen-bond acceptors (Lipinski definition) is 2.